The molecule has 1 aromatic heterocycles. The van der Waals surface area contributed by atoms with Gasteiger partial charge in [0.15, 0.2) is 5.78 Å². The number of benzene rings is 2. The van der Waals surface area contributed by atoms with Crippen LogP contribution >= 0.6 is 34.8 Å². The van der Waals surface area contributed by atoms with Crippen molar-refractivity contribution < 1.29 is 18.7 Å². The van der Waals surface area contributed by atoms with Gasteiger partial charge in [-0.1, -0.05) is 40.9 Å². The summed E-state index contributed by atoms with van der Waals surface area (Å²) in [7, 11) is 1.63. The Morgan fingerprint density at radius 3 is 2.58 bits per heavy atom. The summed E-state index contributed by atoms with van der Waals surface area (Å²) in [5, 5.41) is 7.23. The van der Waals surface area contributed by atoms with Gasteiger partial charge < -0.3 is 20.3 Å². The minimum Gasteiger partial charge on any atom is -0.410 e. The predicted octanol–water partition coefficient (Wildman–Crippen LogP) is 6.29. The first-order valence-electron chi connectivity index (χ1n) is 13.0. The van der Waals surface area contributed by atoms with Crippen molar-refractivity contribution in [3.8, 4) is 5.75 Å². The molecule has 2 saturated heterocycles. The first-order chi connectivity index (χ1) is 19.2. The van der Waals surface area contributed by atoms with Gasteiger partial charge in [-0.15, -0.1) is 0 Å². The Balaban J connectivity index is 1.43. The first-order valence-corrected chi connectivity index (χ1v) is 14.1. The quantitative estimate of drug-likeness (QED) is 0.254. The molecule has 210 valence electrons. The lowest BCUT2D eigenvalue weighted by Crippen LogP contribution is -2.43. The SMILES string of the molecule is CN(C(=O)Oc1ccc(F)cc1)[C@@H]1CNC[C@H]1c1cc(Cl)c(Cl)c(Cl)c1C(=O)C1CCNC(c2ccccn2)C1. The highest BCUT2D eigenvalue weighted by Gasteiger charge is 2.39. The molecule has 3 aromatic rings. The third-order valence-corrected chi connectivity index (χ3v) is 8.91. The minimum atomic E-state index is -0.610. The van der Waals surface area contributed by atoms with Crippen LogP contribution in [0.15, 0.2) is 54.7 Å². The maximum Gasteiger partial charge on any atom is 0.415 e. The molecule has 2 fully saturated rings. The number of hydrogen-bond acceptors (Lipinski definition) is 6. The fourth-order valence-electron chi connectivity index (χ4n) is 5.52. The summed E-state index contributed by atoms with van der Waals surface area (Å²) in [6.45, 7) is 1.59. The largest absolute Gasteiger partial charge is 0.415 e. The van der Waals surface area contributed by atoms with Crippen molar-refractivity contribution >= 4 is 46.7 Å². The summed E-state index contributed by atoms with van der Waals surface area (Å²) < 4.78 is 18.7. The van der Waals surface area contributed by atoms with Crippen LogP contribution in [-0.4, -0.2) is 54.5 Å². The number of carbonyl (C=O) groups excluding carboxylic acids is 2. The number of halogens is 4. The lowest BCUT2D eigenvalue weighted by Gasteiger charge is -2.32. The molecule has 2 aromatic carbocycles. The summed E-state index contributed by atoms with van der Waals surface area (Å²) in [5.74, 6) is -0.936. The molecular formula is C29H28Cl3FN4O3. The molecule has 2 N–H and O–H groups in total. The van der Waals surface area contributed by atoms with Gasteiger partial charge in [0.25, 0.3) is 0 Å². The summed E-state index contributed by atoms with van der Waals surface area (Å²) in [5.41, 5.74) is 1.84. The van der Waals surface area contributed by atoms with E-state index in [-0.39, 0.29) is 50.5 Å². The molecule has 3 heterocycles. The molecular weight excluding hydrogens is 578 g/mol. The van der Waals surface area contributed by atoms with Crippen molar-refractivity contribution in [2.24, 2.45) is 5.92 Å². The molecule has 4 atom stereocenters. The zero-order chi connectivity index (χ0) is 28.4. The molecule has 40 heavy (non-hydrogen) atoms. The zero-order valence-corrected chi connectivity index (χ0v) is 23.9. The number of carbonyl (C=O) groups is 2. The van der Waals surface area contributed by atoms with Crippen molar-refractivity contribution in [1.82, 2.24) is 20.5 Å². The van der Waals surface area contributed by atoms with Gasteiger partial charge in [0.2, 0.25) is 0 Å². The third kappa shape index (κ3) is 5.97. The van der Waals surface area contributed by atoms with E-state index in [9.17, 15) is 14.0 Å². The molecule has 0 bridgehead atoms. The Morgan fingerprint density at radius 1 is 1.07 bits per heavy atom. The number of Topliss-reactive ketones (excluding diaryl/α,β-unsaturated/α-hetero) is 1. The van der Waals surface area contributed by atoms with Crippen molar-refractivity contribution in [3.05, 3.63) is 92.4 Å². The summed E-state index contributed by atoms with van der Waals surface area (Å²) >= 11 is 19.7. The number of hydrogen-bond donors (Lipinski definition) is 2. The van der Waals surface area contributed by atoms with E-state index in [1.165, 1.54) is 29.2 Å². The van der Waals surface area contributed by atoms with Crippen LogP contribution in [0.4, 0.5) is 9.18 Å². The second-order valence-electron chi connectivity index (χ2n) is 10.1. The molecule has 0 spiro atoms. The highest BCUT2D eigenvalue weighted by molar-refractivity contribution is 6.49. The van der Waals surface area contributed by atoms with Crippen LogP contribution in [-0.2, 0) is 0 Å². The van der Waals surface area contributed by atoms with Crippen LogP contribution in [0.25, 0.3) is 0 Å². The van der Waals surface area contributed by atoms with Crippen molar-refractivity contribution in [1.29, 1.82) is 0 Å². The second-order valence-corrected chi connectivity index (χ2v) is 11.2. The van der Waals surface area contributed by atoms with Crippen molar-refractivity contribution in [3.63, 3.8) is 0 Å². The zero-order valence-electron chi connectivity index (χ0n) is 21.7. The summed E-state index contributed by atoms with van der Waals surface area (Å²) in [4.78, 5) is 33.1. The van der Waals surface area contributed by atoms with Crippen LogP contribution in [0.2, 0.25) is 15.1 Å². The van der Waals surface area contributed by atoms with Crippen LogP contribution in [0.5, 0.6) is 5.75 Å². The molecule has 0 aliphatic carbocycles. The van der Waals surface area contributed by atoms with Gasteiger partial charge in [-0.2, -0.15) is 0 Å². The van der Waals surface area contributed by atoms with Gasteiger partial charge in [-0.05, 0) is 67.4 Å². The molecule has 1 amide bonds. The number of ketones is 1. The lowest BCUT2D eigenvalue weighted by molar-refractivity contribution is 0.0876. The molecule has 2 aliphatic rings. The molecule has 2 aliphatic heterocycles. The standard InChI is InChI=1S/C29H28Cl3FN4O3/c1-37(29(39)40-18-7-5-17(33)6-8-18)24-15-34-14-20(24)19-13-21(30)26(31)27(32)25(19)28(38)16-9-11-36-23(12-16)22-4-2-3-10-35-22/h2-8,10,13,16,20,23-24,34,36H,9,11-12,14-15H2,1H3/t16?,20-,23?,24+/m0/s1. The summed E-state index contributed by atoms with van der Waals surface area (Å²) in [6.07, 6.45) is 2.32. The Labute approximate surface area is 247 Å². The number of ether oxygens (including phenoxy) is 1. The Bertz CT molecular complexity index is 1390. The van der Waals surface area contributed by atoms with Crippen molar-refractivity contribution in [2.45, 2.75) is 30.8 Å². The predicted molar refractivity (Wildman–Crippen MR) is 153 cm³/mol. The number of likely N-dealkylation sites (N-methyl/N-ethyl adjacent to an activating group) is 1. The molecule has 7 nitrogen and oxygen atoms in total. The Hall–Kier alpha value is -2.75. The van der Waals surface area contributed by atoms with Gasteiger partial charge in [-0.25, -0.2) is 9.18 Å². The number of aromatic nitrogens is 1. The molecule has 5 rings (SSSR count). The second kappa shape index (κ2) is 12.4. The van der Waals surface area contributed by atoms with Gasteiger partial charge in [0.1, 0.15) is 11.6 Å². The average Bonchev–Trinajstić information content (AvgIpc) is 3.46. The highest BCUT2D eigenvalue weighted by atomic mass is 35.5. The molecule has 0 radical (unpaired) electrons. The molecule has 11 heteroatoms. The Kier molecular flexibility index (Phi) is 8.92. The van der Waals surface area contributed by atoms with E-state index in [0.717, 1.165) is 5.69 Å². The van der Waals surface area contributed by atoms with Crippen molar-refractivity contribution in [2.75, 3.05) is 26.7 Å². The number of amides is 1. The van der Waals surface area contributed by atoms with E-state index in [4.69, 9.17) is 39.5 Å². The van der Waals surface area contributed by atoms with E-state index in [1.54, 1.807) is 19.3 Å². The third-order valence-electron chi connectivity index (χ3n) is 7.64. The molecule has 0 saturated carbocycles. The maximum atomic E-state index is 14.1. The monoisotopic (exact) mass is 604 g/mol. The number of pyridine rings is 1. The van der Waals surface area contributed by atoms with Gasteiger partial charge >= 0.3 is 6.09 Å². The normalized spacial score (nSPS) is 22.6. The highest BCUT2D eigenvalue weighted by Crippen LogP contribution is 2.42. The summed E-state index contributed by atoms with van der Waals surface area (Å²) in [6, 6.07) is 12.2. The fourth-order valence-corrected chi connectivity index (χ4v) is 6.24. The number of nitrogens with one attached hydrogen (secondary N) is 2. The number of piperidine rings is 1. The number of rotatable bonds is 6. The maximum absolute atomic E-state index is 14.1. The van der Waals surface area contributed by atoms with Gasteiger partial charge in [0.05, 0.1) is 32.8 Å². The topological polar surface area (TPSA) is 83.6 Å². The number of nitrogens with zero attached hydrogens (tertiary/aromatic N) is 2. The van der Waals surface area contributed by atoms with E-state index in [1.807, 2.05) is 18.2 Å². The van der Waals surface area contributed by atoms with E-state index >= 15 is 0 Å². The fraction of sp³-hybridized carbons (Fsp3) is 0.345. The smallest absolute Gasteiger partial charge is 0.410 e. The average molecular weight is 606 g/mol. The first kappa shape index (κ1) is 28.8. The van der Waals surface area contributed by atoms with E-state index < -0.39 is 11.9 Å². The van der Waals surface area contributed by atoms with E-state index in [2.05, 4.69) is 15.6 Å². The molecule has 2 unspecified atom stereocenters. The van der Waals surface area contributed by atoms with E-state index in [0.29, 0.717) is 43.6 Å². The van der Waals surface area contributed by atoms with Crippen LogP contribution < -0.4 is 15.4 Å². The minimum absolute atomic E-state index is 0.0674. The van der Waals surface area contributed by atoms with Crippen LogP contribution in [0, 0.1) is 11.7 Å². The Morgan fingerprint density at radius 2 is 1.85 bits per heavy atom. The lowest BCUT2D eigenvalue weighted by atomic mass is 9.80. The van der Waals surface area contributed by atoms with Crippen LogP contribution in [0.3, 0.4) is 0 Å². The van der Waals surface area contributed by atoms with Gasteiger partial charge in [0, 0.05) is 43.7 Å². The van der Waals surface area contributed by atoms with Gasteiger partial charge in [-0.3, -0.25) is 9.78 Å². The van der Waals surface area contributed by atoms with Crippen LogP contribution in [0.1, 0.15) is 46.4 Å².